The van der Waals surface area contributed by atoms with Crippen molar-refractivity contribution in [3.05, 3.63) is 146 Å². The summed E-state index contributed by atoms with van der Waals surface area (Å²) >= 11 is 0. The standard InChI is InChI=1S/C40H24O/c1-2-12-27-25(11-1)23-36(29-14-4-3-13-28(27)29)40-33-18-7-5-16-31(33)39(32-17-6-8-19-34(32)40)26-21-22-38-35(24-26)30-15-9-10-20-37(30)41-38/h1-24H. The van der Waals surface area contributed by atoms with Gasteiger partial charge in [-0.2, -0.15) is 0 Å². The largest absolute Gasteiger partial charge is 0.456 e. The van der Waals surface area contributed by atoms with Crippen LogP contribution in [0.5, 0.6) is 0 Å². The quantitative estimate of drug-likeness (QED) is 0.163. The van der Waals surface area contributed by atoms with E-state index < -0.39 is 0 Å². The molecule has 0 amide bonds. The van der Waals surface area contributed by atoms with Gasteiger partial charge in [0.1, 0.15) is 11.2 Å². The lowest BCUT2D eigenvalue weighted by atomic mass is 9.83. The Labute approximate surface area is 236 Å². The molecule has 0 fully saturated rings. The van der Waals surface area contributed by atoms with Gasteiger partial charge in [-0.05, 0) is 89.6 Å². The summed E-state index contributed by atoms with van der Waals surface area (Å²) in [5.74, 6) is 0. The van der Waals surface area contributed by atoms with E-state index >= 15 is 0 Å². The summed E-state index contributed by atoms with van der Waals surface area (Å²) in [6, 6.07) is 52.7. The molecule has 190 valence electrons. The average Bonchev–Trinajstić information content (AvgIpc) is 3.41. The van der Waals surface area contributed by atoms with Gasteiger partial charge in [-0.3, -0.25) is 0 Å². The zero-order valence-electron chi connectivity index (χ0n) is 22.3. The Morgan fingerprint density at radius 3 is 1.54 bits per heavy atom. The molecule has 1 heterocycles. The van der Waals surface area contributed by atoms with E-state index in [4.69, 9.17) is 4.42 Å². The Balaban J connectivity index is 1.44. The molecule has 0 radical (unpaired) electrons. The molecule has 0 bridgehead atoms. The minimum absolute atomic E-state index is 0.919. The molecule has 1 nitrogen and oxygen atoms in total. The fourth-order valence-electron chi connectivity index (χ4n) is 6.87. The van der Waals surface area contributed by atoms with Crippen LogP contribution in [0.25, 0.3) is 87.3 Å². The van der Waals surface area contributed by atoms with Gasteiger partial charge < -0.3 is 4.42 Å². The highest BCUT2D eigenvalue weighted by molar-refractivity contribution is 6.26. The summed E-state index contributed by atoms with van der Waals surface area (Å²) in [6.45, 7) is 0. The van der Waals surface area contributed by atoms with E-state index in [0.717, 1.165) is 21.9 Å². The minimum atomic E-state index is 0.919. The maximum Gasteiger partial charge on any atom is 0.135 e. The van der Waals surface area contributed by atoms with Crippen molar-refractivity contribution in [1.29, 1.82) is 0 Å². The number of hydrogen-bond acceptors (Lipinski definition) is 1. The fourth-order valence-corrected chi connectivity index (χ4v) is 6.87. The molecule has 0 atom stereocenters. The van der Waals surface area contributed by atoms with Crippen molar-refractivity contribution in [3.63, 3.8) is 0 Å². The van der Waals surface area contributed by atoms with Crippen molar-refractivity contribution in [2.45, 2.75) is 0 Å². The molecular formula is C40H24O. The Kier molecular flexibility index (Phi) is 4.67. The zero-order valence-corrected chi connectivity index (χ0v) is 22.3. The number of hydrogen-bond donors (Lipinski definition) is 0. The summed E-state index contributed by atoms with van der Waals surface area (Å²) in [7, 11) is 0. The molecule has 0 unspecified atom stereocenters. The van der Waals surface area contributed by atoms with Crippen LogP contribution in [0.4, 0.5) is 0 Å². The molecule has 0 spiro atoms. The van der Waals surface area contributed by atoms with Crippen molar-refractivity contribution < 1.29 is 4.42 Å². The van der Waals surface area contributed by atoms with Crippen LogP contribution in [0.1, 0.15) is 0 Å². The lowest BCUT2D eigenvalue weighted by Gasteiger charge is -2.19. The second-order valence-electron chi connectivity index (χ2n) is 10.8. The van der Waals surface area contributed by atoms with Gasteiger partial charge in [-0.25, -0.2) is 0 Å². The first-order chi connectivity index (χ1) is 20.3. The van der Waals surface area contributed by atoms with Crippen LogP contribution in [0.15, 0.2) is 150 Å². The van der Waals surface area contributed by atoms with Crippen molar-refractivity contribution in [3.8, 4) is 22.3 Å². The zero-order chi connectivity index (χ0) is 26.9. The first-order valence-corrected chi connectivity index (χ1v) is 14.1. The molecule has 8 aromatic carbocycles. The van der Waals surface area contributed by atoms with Gasteiger partial charge in [0, 0.05) is 10.8 Å². The third-order valence-electron chi connectivity index (χ3n) is 8.63. The van der Waals surface area contributed by atoms with Crippen LogP contribution in [-0.2, 0) is 0 Å². The molecule has 0 aliphatic rings. The Bertz CT molecular complexity index is 2420. The van der Waals surface area contributed by atoms with E-state index in [-0.39, 0.29) is 0 Å². The van der Waals surface area contributed by atoms with Gasteiger partial charge in [-0.15, -0.1) is 0 Å². The molecule has 0 saturated carbocycles. The first kappa shape index (κ1) is 22.4. The maximum absolute atomic E-state index is 6.17. The number of para-hydroxylation sites is 1. The number of fused-ring (bicyclic) bond motifs is 8. The molecule has 0 aliphatic heterocycles. The van der Waals surface area contributed by atoms with E-state index in [0.29, 0.717) is 0 Å². The molecule has 0 N–H and O–H groups in total. The Hall–Kier alpha value is -5.40. The summed E-state index contributed by atoms with van der Waals surface area (Å²) in [5, 5.41) is 12.4. The number of benzene rings is 8. The average molecular weight is 521 g/mol. The van der Waals surface area contributed by atoms with Crippen LogP contribution in [0, 0.1) is 0 Å². The lowest BCUT2D eigenvalue weighted by Crippen LogP contribution is -1.92. The molecule has 41 heavy (non-hydrogen) atoms. The van der Waals surface area contributed by atoms with Gasteiger partial charge in [-0.1, -0.05) is 121 Å². The summed E-state index contributed by atoms with van der Waals surface area (Å²) in [6.07, 6.45) is 0. The smallest absolute Gasteiger partial charge is 0.135 e. The topological polar surface area (TPSA) is 13.1 Å². The van der Waals surface area contributed by atoms with Crippen molar-refractivity contribution in [2.75, 3.05) is 0 Å². The van der Waals surface area contributed by atoms with Gasteiger partial charge >= 0.3 is 0 Å². The molecular weight excluding hydrogens is 496 g/mol. The van der Waals surface area contributed by atoms with E-state index in [1.807, 2.05) is 12.1 Å². The molecule has 0 aliphatic carbocycles. The van der Waals surface area contributed by atoms with E-state index in [9.17, 15) is 0 Å². The number of rotatable bonds is 2. The maximum atomic E-state index is 6.17. The van der Waals surface area contributed by atoms with Crippen LogP contribution in [0.2, 0.25) is 0 Å². The van der Waals surface area contributed by atoms with Crippen LogP contribution < -0.4 is 0 Å². The third kappa shape index (κ3) is 3.24. The van der Waals surface area contributed by atoms with Gasteiger partial charge in [0.25, 0.3) is 0 Å². The lowest BCUT2D eigenvalue weighted by molar-refractivity contribution is 0.669. The fraction of sp³-hybridized carbons (Fsp3) is 0. The van der Waals surface area contributed by atoms with Crippen LogP contribution in [0.3, 0.4) is 0 Å². The highest BCUT2D eigenvalue weighted by Gasteiger charge is 2.19. The molecule has 1 heteroatoms. The Morgan fingerprint density at radius 2 is 0.829 bits per heavy atom. The normalized spacial score (nSPS) is 11.9. The second kappa shape index (κ2) is 8.55. The molecule has 0 saturated heterocycles. The third-order valence-corrected chi connectivity index (χ3v) is 8.63. The summed E-state index contributed by atoms with van der Waals surface area (Å²) < 4.78 is 6.17. The van der Waals surface area contributed by atoms with Crippen molar-refractivity contribution >= 4 is 65.0 Å². The first-order valence-electron chi connectivity index (χ1n) is 14.1. The van der Waals surface area contributed by atoms with E-state index in [1.165, 1.54) is 65.3 Å². The predicted molar refractivity (Wildman–Crippen MR) is 175 cm³/mol. The van der Waals surface area contributed by atoms with Crippen molar-refractivity contribution in [2.24, 2.45) is 0 Å². The summed E-state index contributed by atoms with van der Waals surface area (Å²) in [5.41, 5.74) is 6.87. The molecule has 1 aromatic heterocycles. The van der Waals surface area contributed by atoms with Crippen LogP contribution >= 0.6 is 0 Å². The van der Waals surface area contributed by atoms with E-state index in [2.05, 4.69) is 133 Å². The highest BCUT2D eigenvalue weighted by atomic mass is 16.3. The van der Waals surface area contributed by atoms with Crippen LogP contribution in [-0.4, -0.2) is 0 Å². The summed E-state index contributed by atoms with van der Waals surface area (Å²) in [4.78, 5) is 0. The second-order valence-corrected chi connectivity index (χ2v) is 10.8. The SMILES string of the molecule is c1ccc2c(c1)cc(-c1c3ccccc3c(-c3ccc4oc5ccccc5c4c3)c3ccccc13)c1ccccc12. The van der Waals surface area contributed by atoms with E-state index in [1.54, 1.807) is 0 Å². The highest BCUT2D eigenvalue weighted by Crippen LogP contribution is 2.47. The minimum Gasteiger partial charge on any atom is -0.456 e. The molecule has 9 aromatic rings. The van der Waals surface area contributed by atoms with Gasteiger partial charge in [0.2, 0.25) is 0 Å². The van der Waals surface area contributed by atoms with Gasteiger partial charge in [0.05, 0.1) is 0 Å². The number of furan rings is 1. The monoisotopic (exact) mass is 520 g/mol. The predicted octanol–water partition coefficient (Wildman–Crippen LogP) is 11.5. The van der Waals surface area contributed by atoms with Gasteiger partial charge in [0.15, 0.2) is 0 Å². The molecule has 9 rings (SSSR count). The van der Waals surface area contributed by atoms with Crippen molar-refractivity contribution in [1.82, 2.24) is 0 Å². The Morgan fingerprint density at radius 1 is 0.317 bits per heavy atom.